The van der Waals surface area contributed by atoms with Crippen molar-refractivity contribution in [3.63, 3.8) is 0 Å². The average molecular weight is 300 g/mol. The number of rotatable bonds is 5. The number of nitrogens with one attached hydrogen (secondary N) is 1. The van der Waals surface area contributed by atoms with E-state index in [1.165, 1.54) is 0 Å². The van der Waals surface area contributed by atoms with Gasteiger partial charge >= 0.3 is 0 Å². The van der Waals surface area contributed by atoms with Crippen LogP contribution in [0.3, 0.4) is 0 Å². The summed E-state index contributed by atoms with van der Waals surface area (Å²) in [6, 6.07) is 5.63. The molecule has 0 heterocycles. The first kappa shape index (κ1) is 14.0. The van der Waals surface area contributed by atoms with E-state index in [2.05, 4.69) is 35.1 Å². The maximum atomic E-state index is 11.7. The summed E-state index contributed by atoms with van der Waals surface area (Å²) in [6.07, 6.45) is 0.366. The molecular weight excluding hydrogens is 282 g/mol. The first-order chi connectivity index (χ1) is 8.02. The molecule has 0 saturated heterocycles. The summed E-state index contributed by atoms with van der Waals surface area (Å²) >= 11 is 3.43. The van der Waals surface area contributed by atoms with E-state index in [1.54, 1.807) is 7.11 Å². The van der Waals surface area contributed by atoms with Crippen molar-refractivity contribution in [1.82, 2.24) is 5.32 Å². The molecule has 0 radical (unpaired) electrons. The molecule has 17 heavy (non-hydrogen) atoms. The largest absolute Gasteiger partial charge is 0.497 e. The molecule has 0 fully saturated rings. The molecule has 0 unspecified atom stereocenters. The first-order valence-corrected chi connectivity index (χ1v) is 6.41. The van der Waals surface area contributed by atoms with Crippen molar-refractivity contribution in [2.45, 2.75) is 20.3 Å². The van der Waals surface area contributed by atoms with Crippen LogP contribution in [0.15, 0.2) is 22.7 Å². The summed E-state index contributed by atoms with van der Waals surface area (Å²) < 4.78 is 6.07. The number of carbonyl (C=O) groups is 1. The van der Waals surface area contributed by atoms with Gasteiger partial charge in [0.1, 0.15) is 5.75 Å². The van der Waals surface area contributed by atoms with E-state index in [0.717, 1.165) is 15.8 Å². The molecule has 1 amide bonds. The Hall–Kier alpha value is -1.03. The van der Waals surface area contributed by atoms with Gasteiger partial charge in [0.05, 0.1) is 13.5 Å². The summed E-state index contributed by atoms with van der Waals surface area (Å²) in [5.74, 6) is 1.26. The molecule has 1 aromatic rings. The fourth-order valence-electron chi connectivity index (χ4n) is 1.37. The fourth-order valence-corrected chi connectivity index (χ4v) is 1.75. The summed E-state index contributed by atoms with van der Waals surface area (Å²) in [5.41, 5.74) is 0.936. The van der Waals surface area contributed by atoms with Crippen molar-refractivity contribution in [2.24, 2.45) is 5.92 Å². The second kappa shape index (κ2) is 6.64. The Bertz CT molecular complexity index is 391. The van der Waals surface area contributed by atoms with Gasteiger partial charge in [-0.15, -0.1) is 0 Å². The molecule has 0 aliphatic carbocycles. The van der Waals surface area contributed by atoms with Crippen molar-refractivity contribution >= 4 is 21.8 Å². The van der Waals surface area contributed by atoms with Crippen LogP contribution in [-0.2, 0) is 11.2 Å². The summed E-state index contributed by atoms with van der Waals surface area (Å²) in [4.78, 5) is 11.7. The van der Waals surface area contributed by atoms with Crippen LogP contribution in [0.25, 0.3) is 0 Å². The van der Waals surface area contributed by atoms with E-state index in [9.17, 15) is 4.79 Å². The van der Waals surface area contributed by atoms with E-state index in [4.69, 9.17) is 4.74 Å². The van der Waals surface area contributed by atoms with Gasteiger partial charge in [0, 0.05) is 11.0 Å². The van der Waals surface area contributed by atoms with Crippen molar-refractivity contribution in [2.75, 3.05) is 13.7 Å². The average Bonchev–Trinajstić information content (AvgIpc) is 2.29. The van der Waals surface area contributed by atoms with Crippen LogP contribution in [0.2, 0.25) is 0 Å². The van der Waals surface area contributed by atoms with Gasteiger partial charge in [0.15, 0.2) is 0 Å². The molecule has 94 valence electrons. The Morgan fingerprint density at radius 3 is 2.76 bits per heavy atom. The Morgan fingerprint density at radius 2 is 2.18 bits per heavy atom. The Kier molecular flexibility index (Phi) is 5.48. The number of hydrogen-bond acceptors (Lipinski definition) is 2. The predicted octanol–water partition coefficient (Wildman–Crippen LogP) is 2.77. The van der Waals surface area contributed by atoms with Crippen LogP contribution < -0.4 is 10.1 Å². The number of benzene rings is 1. The third-order valence-electron chi connectivity index (χ3n) is 2.31. The highest BCUT2D eigenvalue weighted by atomic mass is 79.9. The van der Waals surface area contributed by atoms with Gasteiger partial charge < -0.3 is 10.1 Å². The van der Waals surface area contributed by atoms with Crippen LogP contribution >= 0.6 is 15.9 Å². The van der Waals surface area contributed by atoms with Gasteiger partial charge in [0.25, 0.3) is 0 Å². The monoisotopic (exact) mass is 299 g/mol. The Balaban J connectivity index is 2.64. The first-order valence-electron chi connectivity index (χ1n) is 5.62. The lowest BCUT2D eigenvalue weighted by Gasteiger charge is -2.09. The molecule has 3 nitrogen and oxygen atoms in total. The minimum atomic E-state index is 0.0349. The molecular formula is C13H18BrNO2. The van der Waals surface area contributed by atoms with E-state index < -0.39 is 0 Å². The minimum absolute atomic E-state index is 0.0349. The van der Waals surface area contributed by atoms with Gasteiger partial charge in [-0.25, -0.2) is 0 Å². The number of carbonyl (C=O) groups excluding carboxylic acids is 1. The summed E-state index contributed by atoms with van der Waals surface area (Å²) in [7, 11) is 1.62. The standard InChI is InChI=1S/C13H18BrNO2/c1-9(2)8-15-13(16)7-10-6-11(17-3)4-5-12(10)14/h4-6,9H,7-8H2,1-3H3,(H,15,16). The third-order valence-corrected chi connectivity index (χ3v) is 3.08. The lowest BCUT2D eigenvalue weighted by Crippen LogP contribution is -2.28. The quantitative estimate of drug-likeness (QED) is 0.908. The second-order valence-corrected chi connectivity index (χ2v) is 5.19. The molecule has 0 saturated carbocycles. The number of amides is 1. The molecule has 0 aromatic heterocycles. The number of methoxy groups -OCH3 is 1. The second-order valence-electron chi connectivity index (χ2n) is 4.33. The van der Waals surface area contributed by atoms with Gasteiger partial charge in [-0.05, 0) is 29.7 Å². The molecule has 1 aromatic carbocycles. The fraction of sp³-hybridized carbons (Fsp3) is 0.462. The minimum Gasteiger partial charge on any atom is -0.497 e. The predicted molar refractivity (Wildman–Crippen MR) is 72.2 cm³/mol. The SMILES string of the molecule is COc1ccc(Br)c(CC(=O)NCC(C)C)c1. The number of halogens is 1. The highest BCUT2D eigenvalue weighted by Gasteiger charge is 2.08. The zero-order chi connectivity index (χ0) is 12.8. The Labute approximate surface area is 111 Å². The lowest BCUT2D eigenvalue weighted by molar-refractivity contribution is -0.120. The van der Waals surface area contributed by atoms with E-state index in [-0.39, 0.29) is 5.91 Å². The highest BCUT2D eigenvalue weighted by molar-refractivity contribution is 9.10. The highest BCUT2D eigenvalue weighted by Crippen LogP contribution is 2.22. The van der Waals surface area contributed by atoms with Crippen molar-refractivity contribution in [1.29, 1.82) is 0 Å². The topological polar surface area (TPSA) is 38.3 Å². The van der Waals surface area contributed by atoms with Gasteiger partial charge in [-0.2, -0.15) is 0 Å². The van der Waals surface area contributed by atoms with Crippen molar-refractivity contribution < 1.29 is 9.53 Å². The molecule has 0 bridgehead atoms. The van der Waals surface area contributed by atoms with Crippen LogP contribution in [0, 0.1) is 5.92 Å². The van der Waals surface area contributed by atoms with Crippen LogP contribution in [-0.4, -0.2) is 19.6 Å². The molecule has 0 atom stereocenters. The van der Waals surface area contributed by atoms with Crippen LogP contribution in [0.5, 0.6) is 5.75 Å². The summed E-state index contributed by atoms with van der Waals surface area (Å²) in [6.45, 7) is 4.85. The zero-order valence-corrected chi connectivity index (χ0v) is 12.0. The van der Waals surface area contributed by atoms with Gasteiger partial charge in [0.2, 0.25) is 5.91 Å². The molecule has 0 aliphatic heterocycles. The smallest absolute Gasteiger partial charge is 0.224 e. The number of ether oxygens (including phenoxy) is 1. The zero-order valence-electron chi connectivity index (χ0n) is 10.4. The van der Waals surface area contributed by atoms with Crippen LogP contribution in [0.1, 0.15) is 19.4 Å². The number of hydrogen-bond donors (Lipinski definition) is 1. The van der Waals surface area contributed by atoms with Gasteiger partial charge in [-0.3, -0.25) is 4.79 Å². The Morgan fingerprint density at radius 1 is 1.47 bits per heavy atom. The summed E-state index contributed by atoms with van der Waals surface area (Å²) in [5, 5.41) is 2.89. The molecule has 4 heteroatoms. The van der Waals surface area contributed by atoms with E-state index in [1.807, 2.05) is 18.2 Å². The molecule has 1 rings (SSSR count). The van der Waals surface area contributed by atoms with E-state index >= 15 is 0 Å². The maximum Gasteiger partial charge on any atom is 0.224 e. The third kappa shape index (κ3) is 4.77. The van der Waals surface area contributed by atoms with E-state index in [0.29, 0.717) is 18.9 Å². The molecule has 1 N–H and O–H groups in total. The van der Waals surface area contributed by atoms with Crippen LogP contribution in [0.4, 0.5) is 0 Å². The molecule has 0 spiro atoms. The lowest BCUT2D eigenvalue weighted by atomic mass is 10.1. The van der Waals surface area contributed by atoms with Gasteiger partial charge in [-0.1, -0.05) is 29.8 Å². The maximum absolute atomic E-state index is 11.7. The van der Waals surface area contributed by atoms with Crippen molar-refractivity contribution in [3.8, 4) is 5.75 Å². The van der Waals surface area contributed by atoms with Crippen molar-refractivity contribution in [3.05, 3.63) is 28.2 Å². The normalized spacial score (nSPS) is 10.4. The molecule has 0 aliphatic rings.